The molecule has 2 N–H and O–H groups in total. The van der Waals surface area contributed by atoms with Crippen molar-refractivity contribution in [2.45, 2.75) is 74.9 Å². The number of halogens is 4. The van der Waals surface area contributed by atoms with Crippen molar-refractivity contribution in [2.24, 2.45) is 17.3 Å². The van der Waals surface area contributed by atoms with Crippen molar-refractivity contribution in [3.8, 4) is 0 Å². The van der Waals surface area contributed by atoms with Crippen LogP contribution in [0.25, 0.3) is 0 Å². The standard InChI is InChI=1S/C19H26F4O7S/c1-11(2)14(24)30-17-8-12-5-13(9-17)7-16(6-12,10-17)15(25)29-4-3-18(20,21)19(22,23)31(26,27)28/h12-14,24H,1,3-10H2,2H3,(H,26,27,28). The van der Waals surface area contributed by atoms with Crippen molar-refractivity contribution in [3.63, 3.8) is 0 Å². The number of hydrogen-bond acceptors (Lipinski definition) is 6. The molecule has 4 fully saturated rings. The second kappa shape index (κ2) is 7.67. The summed E-state index contributed by atoms with van der Waals surface area (Å²) in [5.74, 6) is -5.74. The maximum atomic E-state index is 13.7. The SMILES string of the molecule is C=C(C)C(O)OC12CC3CC(C1)CC(C(=O)OCCC(F)(F)C(F)(F)S(=O)(=O)O)(C3)C2. The first-order valence-corrected chi connectivity index (χ1v) is 11.4. The fraction of sp³-hybridized carbons (Fsp3) is 0.842. The molecule has 4 saturated carbocycles. The van der Waals surface area contributed by atoms with Crippen molar-refractivity contribution in [1.29, 1.82) is 0 Å². The number of esters is 1. The third-order valence-corrected chi connectivity index (χ3v) is 7.57. The van der Waals surface area contributed by atoms with Crippen LogP contribution in [0.15, 0.2) is 12.2 Å². The van der Waals surface area contributed by atoms with Crippen LogP contribution >= 0.6 is 0 Å². The van der Waals surface area contributed by atoms with Gasteiger partial charge in [-0.25, -0.2) is 0 Å². The average molecular weight is 474 g/mol. The lowest BCUT2D eigenvalue weighted by molar-refractivity contribution is -0.249. The van der Waals surface area contributed by atoms with Gasteiger partial charge in [0.05, 0.1) is 24.0 Å². The molecule has 4 rings (SSSR count). The summed E-state index contributed by atoms with van der Waals surface area (Å²) in [6, 6.07) is 0. The fourth-order valence-electron chi connectivity index (χ4n) is 5.65. The molecule has 31 heavy (non-hydrogen) atoms. The zero-order valence-electron chi connectivity index (χ0n) is 17.0. The van der Waals surface area contributed by atoms with E-state index in [9.17, 15) is 35.9 Å². The Labute approximate surface area is 177 Å². The zero-order chi connectivity index (χ0) is 23.5. The number of rotatable bonds is 9. The number of alkyl halides is 4. The van der Waals surface area contributed by atoms with Gasteiger partial charge in [-0.2, -0.15) is 26.0 Å². The molecule has 0 aromatic rings. The van der Waals surface area contributed by atoms with Gasteiger partial charge in [-0.3, -0.25) is 9.35 Å². The molecule has 0 aromatic heterocycles. The van der Waals surface area contributed by atoms with Gasteiger partial charge >= 0.3 is 27.3 Å². The minimum atomic E-state index is -6.35. The van der Waals surface area contributed by atoms with Crippen LogP contribution in [0.2, 0.25) is 0 Å². The van der Waals surface area contributed by atoms with Crippen LogP contribution in [-0.4, -0.2) is 53.7 Å². The summed E-state index contributed by atoms with van der Waals surface area (Å²) >= 11 is 0. The van der Waals surface area contributed by atoms with Gasteiger partial charge in [0.1, 0.15) is 0 Å². The second-order valence-electron chi connectivity index (χ2n) is 9.32. The van der Waals surface area contributed by atoms with Crippen molar-refractivity contribution >= 4 is 16.1 Å². The van der Waals surface area contributed by atoms with E-state index in [1.807, 2.05) is 0 Å². The van der Waals surface area contributed by atoms with Gasteiger partial charge in [-0.15, -0.1) is 0 Å². The Morgan fingerprint density at radius 2 is 1.74 bits per heavy atom. The third kappa shape index (κ3) is 4.36. The summed E-state index contributed by atoms with van der Waals surface area (Å²) in [5.41, 5.74) is -1.43. The van der Waals surface area contributed by atoms with Crippen molar-refractivity contribution in [2.75, 3.05) is 6.61 Å². The van der Waals surface area contributed by atoms with E-state index in [4.69, 9.17) is 14.0 Å². The minimum absolute atomic E-state index is 0.108. The Kier molecular flexibility index (Phi) is 6.04. The molecule has 7 nitrogen and oxygen atoms in total. The topological polar surface area (TPSA) is 110 Å². The van der Waals surface area contributed by atoms with Gasteiger partial charge < -0.3 is 14.6 Å². The molecule has 0 radical (unpaired) electrons. The van der Waals surface area contributed by atoms with E-state index in [1.54, 1.807) is 6.92 Å². The molecule has 3 atom stereocenters. The average Bonchev–Trinajstić information content (AvgIpc) is 2.58. The summed E-state index contributed by atoms with van der Waals surface area (Å²) in [7, 11) is -6.35. The highest BCUT2D eigenvalue weighted by molar-refractivity contribution is 7.87. The van der Waals surface area contributed by atoms with Crippen LogP contribution < -0.4 is 0 Å². The number of ether oxygens (including phenoxy) is 2. The molecule has 178 valence electrons. The van der Waals surface area contributed by atoms with E-state index in [0.29, 0.717) is 31.3 Å². The maximum absolute atomic E-state index is 13.7. The highest BCUT2D eigenvalue weighted by atomic mass is 32.2. The van der Waals surface area contributed by atoms with Crippen molar-refractivity contribution in [1.82, 2.24) is 0 Å². The van der Waals surface area contributed by atoms with Crippen LogP contribution in [0.1, 0.15) is 51.9 Å². The normalized spacial score (nSPS) is 33.9. The molecule has 0 amide bonds. The summed E-state index contributed by atoms with van der Waals surface area (Å²) < 4.78 is 94.2. The molecule has 4 aliphatic rings. The molecule has 3 unspecified atom stereocenters. The molecule has 4 aliphatic carbocycles. The Balaban J connectivity index is 1.69. The monoisotopic (exact) mass is 474 g/mol. The van der Waals surface area contributed by atoms with Crippen LogP contribution in [0.5, 0.6) is 0 Å². The predicted octanol–water partition coefficient (Wildman–Crippen LogP) is 3.29. The van der Waals surface area contributed by atoms with E-state index in [0.717, 1.165) is 6.42 Å². The lowest BCUT2D eigenvalue weighted by atomic mass is 9.48. The molecule has 0 aromatic carbocycles. The summed E-state index contributed by atoms with van der Waals surface area (Å²) in [6.45, 7) is 4.10. The number of carbonyl (C=O) groups is 1. The lowest BCUT2D eigenvalue weighted by Crippen LogP contribution is -2.60. The largest absolute Gasteiger partial charge is 0.465 e. The second-order valence-corrected chi connectivity index (χ2v) is 10.8. The first-order chi connectivity index (χ1) is 14.0. The molecule has 0 saturated heterocycles. The number of aliphatic hydroxyl groups excluding tert-OH is 1. The number of aliphatic hydroxyl groups is 1. The first-order valence-electron chi connectivity index (χ1n) is 9.94. The zero-order valence-corrected chi connectivity index (χ0v) is 17.8. The Morgan fingerprint density at radius 1 is 1.19 bits per heavy atom. The molecular weight excluding hydrogens is 448 g/mol. The van der Waals surface area contributed by atoms with E-state index in [1.165, 1.54) is 0 Å². The van der Waals surface area contributed by atoms with Crippen LogP contribution in [-0.2, 0) is 24.4 Å². The molecule has 0 aliphatic heterocycles. The highest BCUT2D eigenvalue weighted by Crippen LogP contribution is 2.63. The smallest absolute Gasteiger partial charge is 0.431 e. The van der Waals surface area contributed by atoms with Gasteiger partial charge in [0.25, 0.3) is 0 Å². The highest BCUT2D eigenvalue weighted by Gasteiger charge is 2.66. The van der Waals surface area contributed by atoms with E-state index in [2.05, 4.69) is 6.58 Å². The molecular formula is C19H26F4O7S. The molecule has 12 heteroatoms. The Bertz CT molecular complexity index is 843. The fourth-order valence-corrected chi connectivity index (χ4v) is 6.13. The Morgan fingerprint density at radius 3 is 2.23 bits per heavy atom. The van der Waals surface area contributed by atoms with E-state index >= 15 is 0 Å². The minimum Gasteiger partial charge on any atom is -0.465 e. The van der Waals surface area contributed by atoms with Crippen LogP contribution in [0, 0.1) is 17.3 Å². The van der Waals surface area contributed by atoms with E-state index < -0.39 is 57.6 Å². The van der Waals surface area contributed by atoms with Gasteiger partial charge in [0.15, 0.2) is 6.29 Å². The van der Waals surface area contributed by atoms with Crippen molar-refractivity contribution < 1.29 is 49.9 Å². The molecule has 0 spiro atoms. The van der Waals surface area contributed by atoms with Crippen LogP contribution in [0.4, 0.5) is 17.6 Å². The quantitative estimate of drug-likeness (QED) is 0.173. The summed E-state index contributed by atoms with van der Waals surface area (Å²) in [5, 5.41) is 4.42. The number of carbonyl (C=O) groups excluding carboxylic acids is 1. The van der Waals surface area contributed by atoms with Crippen molar-refractivity contribution in [3.05, 3.63) is 12.2 Å². The summed E-state index contributed by atoms with van der Waals surface area (Å²) in [6.07, 6.45) is 0.205. The maximum Gasteiger partial charge on any atom is 0.431 e. The lowest BCUT2D eigenvalue weighted by Gasteiger charge is -2.60. The third-order valence-electron chi connectivity index (χ3n) is 6.62. The molecule has 4 bridgehead atoms. The van der Waals surface area contributed by atoms with E-state index in [-0.39, 0.29) is 18.3 Å². The van der Waals surface area contributed by atoms with Crippen LogP contribution in [0.3, 0.4) is 0 Å². The van der Waals surface area contributed by atoms with Gasteiger partial charge in [0.2, 0.25) is 0 Å². The number of hydrogen-bond donors (Lipinski definition) is 2. The molecule has 0 heterocycles. The van der Waals surface area contributed by atoms with Gasteiger partial charge in [0, 0.05) is 0 Å². The Hall–Kier alpha value is -1.24. The van der Waals surface area contributed by atoms with Gasteiger partial charge in [-0.05, 0) is 62.9 Å². The first kappa shape index (κ1) is 24.4. The summed E-state index contributed by atoms with van der Waals surface area (Å²) in [4.78, 5) is 12.8. The van der Waals surface area contributed by atoms with Gasteiger partial charge in [-0.1, -0.05) is 6.58 Å². The predicted molar refractivity (Wildman–Crippen MR) is 98.8 cm³/mol.